The molecule has 1 aliphatic heterocycles. The van der Waals surface area contributed by atoms with E-state index in [1.165, 1.54) is 0 Å². The number of nitrogens with one attached hydrogen (secondary N) is 1. The Morgan fingerprint density at radius 2 is 2.14 bits per heavy atom. The molecule has 0 saturated carbocycles. The molecule has 14 heavy (non-hydrogen) atoms. The molecule has 1 aromatic carbocycles. The Balaban J connectivity index is 2.28. The van der Waals surface area contributed by atoms with E-state index in [1.807, 2.05) is 6.07 Å². The molecule has 4 nitrogen and oxygen atoms in total. The molecule has 0 bridgehead atoms. The third-order valence-electron chi connectivity index (χ3n) is 2.74. The van der Waals surface area contributed by atoms with E-state index in [1.54, 1.807) is 12.1 Å². The smallest absolute Gasteiger partial charge is 0.138 e. The average Bonchev–Trinajstić information content (AvgIpc) is 2.57. The van der Waals surface area contributed by atoms with Crippen molar-refractivity contribution in [1.29, 1.82) is 0 Å². The Kier molecular flexibility index (Phi) is 2.31. The molecule has 2 atom stereocenters. The second-order valence-corrected chi connectivity index (χ2v) is 3.75. The quantitative estimate of drug-likeness (QED) is 0.373. The van der Waals surface area contributed by atoms with E-state index in [4.69, 9.17) is 11.5 Å². The van der Waals surface area contributed by atoms with E-state index in [0.717, 1.165) is 18.7 Å². The Morgan fingerprint density at radius 3 is 2.71 bits per heavy atom. The largest absolute Gasteiger partial charge is 0.506 e. The lowest BCUT2D eigenvalue weighted by molar-refractivity contribution is 0.477. The first-order chi connectivity index (χ1) is 6.68. The molecule has 1 fully saturated rings. The summed E-state index contributed by atoms with van der Waals surface area (Å²) in [5.74, 6) is 0.436. The lowest BCUT2D eigenvalue weighted by Crippen LogP contribution is -2.27. The molecule has 0 aromatic heterocycles. The number of hydrogen-bond donors (Lipinski definition) is 4. The summed E-state index contributed by atoms with van der Waals surface area (Å²) in [5.41, 5.74) is 13.1. The standard InChI is InChI=1S/C10H15N3O/c11-8-3-6(1-2-10(8)14)7-4-13-5-9(7)12/h1-3,7,9,13-14H,4-5,11-12H2. The Bertz CT molecular complexity index is 340. The lowest BCUT2D eigenvalue weighted by Gasteiger charge is -2.15. The highest BCUT2D eigenvalue weighted by molar-refractivity contribution is 5.54. The number of phenolic OH excluding ortho intramolecular Hbond substituents is 1. The monoisotopic (exact) mass is 193 g/mol. The predicted molar refractivity (Wildman–Crippen MR) is 56.1 cm³/mol. The summed E-state index contributed by atoms with van der Waals surface area (Å²) >= 11 is 0. The summed E-state index contributed by atoms with van der Waals surface area (Å²) < 4.78 is 0. The van der Waals surface area contributed by atoms with Gasteiger partial charge < -0.3 is 21.9 Å². The highest BCUT2D eigenvalue weighted by Gasteiger charge is 2.25. The maximum Gasteiger partial charge on any atom is 0.138 e. The molecule has 0 spiro atoms. The SMILES string of the molecule is Nc1cc(C2CNCC2N)ccc1O. The molecule has 6 N–H and O–H groups in total. The van der Waals surface area contributed by atoms with Crippen molar-refractivity contribution in [2.45, 2.75) is 12.0 Å². The molecule has 1 aliphatic rings. The number of nitrogen functional groups attached to an aromatic ring is 1. The van der Waals surface area contributed by atoms with Crippen LogP contribution < -0.4 is 16.8 Å². The molecular weight excluding hydrogens is 178 g/mol. The van der Waals surface area contributed by atoms with Crippen molar-refractivity contribution in [3.63, 3.8) is 0 Å². The third kappa shape index (κ3) is 1.54. The van der Waals surface area contributed by atoms with Crippen LogP contribution in [0.25, 0.3) is 0 Å². The van der Waals surface area contributed by atoms with Crippen LogP contribution in [0.2, 0.25) is 0 Å². The fourth-order valence-corrected chi connectivity index (χ4v) is 1.87. The normalized spacial score (nSPS) is 26.6. The third-order valence-corrected chi connectivity index (χ3v) is 2.74. The number of hydrogen-bond acceptors (Lipinski definition) is 4. The highest BCUT2D eigenvalue weighted by atomic mass is 16.3. The minimum Gasteiger partial charge on any atom is -0.506 e. The fraction of sp³-hybridized carbons (Fsp3) is 0.400. The van der Waals surface area contributed by atoms with Gasteiger partial charge in [0.25, 0.3) is 0 Å². The van der Waals surface area contributed by atoms with Gasteiger partial charge in [0.2, 0.25) is 0 Å². The van der Waals surface area contributed by atoms with E-state index < -0.39 is 0 Å². The van der Waals surface area contributed by atoms with Gasteiger partial charge in [-0.2, -0.15) is 0 Å². The van der Waals surface area contributed by atoms with Crippen LogP contribution in [0.3, 0.4) is 0 Å². The first-order valence-corrected chi connectivity index (χ1v) is 4.73. The van der Waals surface area contributed by atoms with Gasteiger partial charge in [-0.3, -0.25) is 0 Å². The van der Waals surface area contributed by atoms with Crippen molar-refractivity contribution in [2.75, 3.05) is 18.8 Å². The van der Waals surface area contributed by atoms with Crippen LogP contribution in [0.15, 0.2) is 18.2 Å². The van der Waals surface area contributed by atoms with E-state index in [0.29, 0.717) is 11.6 Å². The zero-order valence-electron chi connectivity index (χ0n) is 7.90. The van der Waals surface area contributed by atoms with Crippen molar-refractivity contribution in [1.82, 2.24) is 5.32 Å². The van der Waals surface area contributed by atoms with Crippen molar-refractivity contribution < 1.29 is 5.11 Å². The van der Waals surface area contributed by atoms with Gasteiger partial charge >= 0.3 is 0 Å². The molecule has 1 saturated heterocycles. The van der Waals surface area contributed by atoms with Gasteiger partial charge in [-0.25, -0.2) is 0 Å². The molecule has 0 amide bonds. The number of aromatic hydroxyl groups is 1. The van der Waals surface area contributed by atoms with Gasteiger partial charge in [0.1, 0.15) is 5.75 Å². The molecule has 2 unspecified atom stereocenters. The number of benzene rings is 1. The lowest BCUT2D eigenvalue weighted by atomic mass is 9.94. The maximum atomic E-state index is 9.28. The molecule has 1 heterocycles. The molecule has 2 rings (SSSR count). The molecule has 76 valence electrons. The summed E-state index contributed by atoms with van der Waals surface area (Å²) in [6, 6.07) is 5.44. The van der Waals surface area contributed by atoms with Crippen molar-refractivity contribution >= 4 is 5.69 Å². The predicted octanol–water partition coefficient (Wildman–Crippen LogP) is -0.0115. The van der Waals surface area contributed by atoms with Crippen molar-refractivity contribution in [3.05, 3.63) is 23.8 Å². The summed E-state index contributed by atoms with van der Waals surface area (Å²) in [6.07, 6.45) is 0. The first kappa shape index (κ1) is 9.30. The van der Waals surface area contributed by atoms with E-state index in [2.05, 4.69) is 5.32 Å². The van der Waals surface area contributed by atoms with Crippen LogP contribution in [0.4, 0.5) is 5.69 Å². The van der Waals surface area contributed by atoms with Crippen LogP contribution in [-0.2, 0) is 0 Å². The second-order valence-electron chi connectivity index (χ2n) is 3.75. The minimum absolute atomic E-state index is 0.133. The van der Waals surface area contributed by atoms with Gasteiger partial charge in [0.15, 0.2) is 0 Å². The van der Waals surface area contributed by atoms with Crippen LogP contribution in [0.1, 0.15) is 11.5 Å². The highest BCUT2D eigenvalue weighted by Crippen LogP contribution is 2.27. The van der Waals surface area contributed by atoms with Gasteiger partial charge in [-0.15, -0.1) is 0 Å². The molecule has 0 aliphatic carbocycles. The van der Waals surface area contributed by atoms with Crippen molar-refractivity contribution in [3.8, 4) is 5.75 Å². The van der Waals surface area contributed by atoms with Crippen LogP contribution in [0, 0.1) is 0 Å². The molecule has 4 heteroatoms. The van der Waals surface area contributed by atoms with Gasteiger partial charge in [-0.05, 0) is 17.7 Å². The number of nitrogens with two attached hydrogens (primary N) is 2. The Hall–Kier alpha value is -1.26. The van der Waals surface area contributed by atoms with Gasteiger partial charge in [-0.1, -0.05) is 6.07 Å². The first-order valence-electron chi connectivity index (χ1n) is 4.73. The fourth-order valence-electron chi connectivity index (χ4n) is 1.87. The van der Waals surface area contributed by atoms with Gasteiger partial charge in [0.05, 0.1) is 5.69 Å². The number of phenols is 1. The average molecular weight is 193 g/mol. The zero-order valence-corrected chi connectivity index (χ0v) is 7.90. The van der Waals surface area contributed by atoms with E-state index in [-0.39, 0.29) is 11.8 Å². The minimum atomic E-state index is 0.133. The molecule has 0 radical (unpaired) electrons. The van der Waals surface area contributed by atoms with E-state index in [9.17, 15) is 5.11 Å². The summed E-state index contributed by atoms with van der Waals surface area (Å²) in [5, 5.41) is 12.5. The summed E-state index contributed by atoms with van der Waals surface area (Å²) in [6.45, 7) is 1.72. The number of rotatable bonds is 1. The summed E-state index contributed by atoms with van der Waals surface area (Å²) in [7, 11) is 0. The van der Waals surface area contributed by atoms with E-state index >= 15 is 0 Å². The summed E-state index contributed by atoms with van der Waals surface area (Å²) in [4.78, 5) is 0. The maximum absolute atomic E-state index is 9.28. The van der Waals surface area contributed by atoms with Crippen molar-refractivity contribution in [2.24, 2.45) is 5.73 Å². The molecular formula is C10H15N3O. The van der Waals surface area contributed by atoms with Crippen LogP contribution in [0.5, 0.6) is 5.75 Å². The zero-order chi connectivity index (χ0) is 10.1. The van der Waals surface area contributed by atoms with Gasteiger partial charge in [0, 0.05) is 25.0 Å². The Morgan fingerprint density at radius 1 is 1.36 bits per heavy atom. The Labute approximate surface area is 82.9 Å². The van der Waals surface area contributed by atoms with Crippen LogP contribution >= 0.6 is 0 Å². The topological polar surface area (TPSA) is 84.3 Å². The van der Waals surface area contributed by atoms with Crippen LogP contribution in [-0.4, -0.2) is 24.2 Å². The number of anilines is 1. The second kappa shape index (κ2) is 3.48. The molecule has 1 aromatic rings.